The Balaban J connectivity index is 1.58. The van der Waals surface area contributed by atoms with Gasteiger partial charge in [-0.2, -0.15) is 0 Å². The largest absolute Gasteiger partial charge is 0.382 e. The van der Waals surface area contributed by atoms with Gasteiger partial charge in [-0.25, -0.2) is 9.97 Å². The van der Waals surface area contributed by atoms with Gasteiger partial charge in [-0.15, -0.1) is 11.3 Å². The van der Waals surface area contributed by atoms with E-state index in [0.29, 0.717) is 6.61 Å². The third-order valence-corrected chi connectivity index (χ3v) is 7.04. The van der Waals surface area contributed by atoms with Crippen molar-refractivity contribution in [3.05, 3.63) is 64.8 Å². The van der Waals surface area contributed by atoms with Crippen LogP contribution in [0.5, 0.6) is 0 Å². The highest BCUT2D eigenvalue weighted by Crippen LogP contribution is 2.38. The topological polar surface area (TPSA) is 53.5 Å². The summed E-state index contributed by atoms with van der Waals surface area (Å²) in [6.07, 6.45) is 6.75. The number of thiocarbonyl (C=S) groups is 1. The van der Waals surface area contributed by atoms with Gasteiger partial charge in [0.2, 0.25) is 0 Å². The lowest BCUT2D eigenvalue weighted by Gasteiger charge is -2.28. The van der Waals surface area contributed by atoms with Gasteiger partial charge in [-0.3, -0.25) is 0 Å². The number of nitrogens with one attached hydrogen (secondary N) is 1. The summed E-state index contributed by atoms with van der Waals surface area (Å²) in [4.78, 5) is 16.8. The molecular weight excluding hydrogens is 438 g/mol. The Morgan fingerprint density at radius 3 is 2.88 bits per heavy atom. The molecule has 8 heteroatoms. The van der Waals surface area contributed by atoms with Gasteiger partial charge in [-0.1, -0.05) is 48.6 Å². The van der Waals surface area contributed by atoms with Crippen molar-refractivity contribution >= 4 is 44.6 Å². The van der Waals surface area contributed by atoms with Crippen molar-refractivity contribution in [3.8, 4) is 0 Å². The molecule has 4 rings (SSSR count). The van der Waals surface area contributed by atoms with Gasteiger partial charge < -0.3 is 19.9 Å². The standard InChI is InChI=1S/C24H29N5OS2/c1-28(2)12-7-10-21(31)29-13-11-18-20(14-29)32-24-22(18)23(25-16-26-24)27-19(15-30-3)17-8-5-4-6-9-17/h4-10,16,19H,11-15H2,1-3H3,(H,25,26,27)/t19-/m1/s1. The molecule has 2 aromatic heterocycles. The number of anilines is 1. The first-order valence-electron chi connectivity index (χ1n) is 10.7. The molecule has 168 valence electrons. The minimum absolute atomic E-state index is 0.0179. The summed E-state index contributed by atoms with van der Waals surface area (Å²) in [5.74, 6) is 0.875. The molecule has 1 aliphatic heterocycles. The van der Waals surface area contributed by atoms with Crippen LogP contribution < -0.4 is 5.32 Å². The minimum atomic E-state index is 0.0179. The van der Waals surface area contributed by atoms with Crippen molar-refractivity contribution in [2.24, 2.45) is 0 Å². The Bertz CT molecular complexity index is 1100. The zero-order chi connectivity index (χ0) is 22.5. The number of methoxy groups -OCH3 is 1. The molecule has 0 amide bonds. The van der Waals surface area contributed by atoms with Crippen LogP contribution in [-0.4, -0.2) is 65.7 Å². The second kappa shape index (κ2) is 10.5. The Morgan fingerprint density at radius 1 is 1.31 bits per heavy atom. The number of likely N-dealkylation sites (N-methyl/N-ethyl adjacent to an activating group) is 1. The van der Waals surface area contributed by atoms with Gasteiger partial charge in [0, 0.05) is 25.1 Å². The molecule has 32 heavy (non-hydrogen) atoms. The molecule has 0 saturated heterocycles. The highest BCUT2D eigenvalue weighted by atomic mass is 32.1. The Hall–Kier alpha value is -2.39. The molecule has 3 heterocycles. The highest BCUT2D eigenvalue weighted by molar-refractivity contribution is 7.80. The molecule has 0 aliphatic carbocycles. The van der Waals surface area contributed by atoms with Crippen LogP contribution in [0.4, 0.5) is 5.82 Å². The van der Waals surface area contributed by atoms with Gasteiger partial charge in [-0.05, 0) is 37.7 Å². The number of nitrogens with zero attached hydrogens (tertiary/aromatic N) is 4. The van der Waals surface area contributed by atoms with Crippen LogP contribution >= 0.6 is 23.6 Å². The van der Waals surface area contributed by atoms with Gasteiger partial charge in [0.1, 0.15) is 22.0 Å². The van der Waals surface area contributed by atoms with Gasteiger partial charge in [0.15, 0.2) is 0 Å². The molecular formula is C24H29N5OS2. The van der Waals surface area contributed by atoms with Gasteiger partial charge in [0.05, 0.1) is 24.6 Å². The summed E-state index contributed by atoms with van der Waals surface area (Å²) in [5.41, 5.74) is 2.51. The van der Waals surface area contributed by atoms with Crippen molar-refractivity contribution in [2.75, 3.05) is 46.2 Å². The molecule has 3 aromatic rings. The summed E-state index contributed by atoms with van der Waals surface area (Å²) in [5, 5.41) is 4.76. The van der Waals surface area contributed by atoms with Crippen LogP contribution in [0, 0.1) is 0 Å². The van der Waals surface area contributed by atoms with Crippen molar-refractivity contribution < 1.29 is 4.74 Å². The van der Waals surface area contributed by atoms with E-state index in [9.17, 15) is 0 Å². The molecule has 6 nitrogen and oxygen atoms in total. The van der Waals surface area contributed by atoms with Crippen molar-refractivity contribution in [2.45, 2.75) is 19.0 Å². The molecule has 1 aromatic carbocycles. The van der Waals surface area contributed by atoms with Gasteiger partial charge in [0.25, 0.3) is 0 Å². The molecule has 0 bridgehead atoms. The maximum atomic E-state index is 5.67. The molecule has 1 N–H and O–H groups in total. The average molecular weight is 468 g/mol. The second-order valence-electron chi connectivity index (χ2n) is 8.14. The first-order valence-corrected chi connectivity index (χ1v) is 11.9. The lowest BCUT2D eigenvalue weighted by atomic mass is 10.0. The Kier molecular flexibility index (Phi) is 7.47. The van der Waals surface area contributed by atoms with E-state index in [1.165, 1.54) is 16.0 Å². The summed E-state index contributed by atoms with van der Waals surface area (Å²) < 4.78 is 5.49. The van der Waals surface area contributed by atoms with Crippen LogP contribution in [0.3, 0.4) is 0 Å². The van der Waals surface area contributed by atoms with Crippen LogP contribution in [0.15, 0.2) is 48.8 Å². The van der Waals surface area contributed by atoms with Crippen LogP contribution in [-0.2, 0) is 17.7 Å². The monoisotopic (exact) mass is 467 g/mol. The minimum Gasteiger partial charge on any atom is -0.382 e. The van der Waals surface area contributed by atoms with E-state index in [2.05, 4.69) is 63.5 Å². The number of fused-ring (bicyclic) bond motifs is 3. The molecule has 1 aliphatic rings. The van der Waals surface area contributed by atoms with E-state index in [1.807, 2.05) is 18.2 Å². The maximum absolute atomic E-state index is 5.67. The quantitative estimate of drug-likeness (QED) is 0.392. The van der Waals surface area contributed by atoms with Crippen LogP contribution in [0.2, 0.25) is 0 Å². The highest BCUT2D eigenvalue weighted by Gasteiger charge is 2.25. The van der Waals surface area contributed by atoms with E-state index in [1.54, 1.807) is 24.8 Å². The summed E-state index contributed by atoms with van der Waals surface area (Å²) in [7, 11) is 5.84. The third kappa shape index (κ3) is 5.15. The second-order valence-corrected chi connectivity index (χ2v) is 9.65. The smallest absolute Gasteiger partial charge is 0.139 e. The van der Waals surface area contributed by atoms with E-state index >= 15 is 0 Å². The van der Waals surface area contributed by atoms with E-state index < -0.39 is 0 Å². The fraction of sp³-hybridized carbons (Fsp3) is 0.375. The normalized spacial score (nSPS) is 14.8. The first-order chi connectivity index (χ1) is 15.6. The molecule has 1 atom stereocenters. The first kappa shape index (κ1) is 22.8. The fourth-order valence-corrected chi connectivity index (χ4v) is 5.39. The number of thiophene rings is 1. The number of hydrogen-bond acceptors (Lipinski definition) is 7. The third-order valence-electron chi connectivity index (χ3n) is 5.53. The van der Waals surface area contributed by atoms with Crippen LogP contribution in [0.25, 0.3) is 10.2 Å². The number of hydrogen-bond donors (Lipinski definition) is 1. The number of rotatable bonds is 8. The van der Waals surface area contributed by atoms with E-state index in [4.69, 9.17) is 17.0 Å². The Morgan fingerprint density at radius 2 is 2.12 bits per heavy atom. The maximum Gasteiger partial charge on any atom is 0.139 e. The number of benzene rings is 1. The molecule has 0 fully saturated rings. The zero-order valence-corrected chi connectivity index (χ0v) is 20.4. The summed E-state index contributed by atoms with van der Waals surface area (Å²) in [6.45, 7) is 3.17. The van der Waals surface area contributed by atoms with Crippen molar-refractivity contribution in [1.29, 1.82) is 0 Å². The van der Waals surface area contributed by atoms with Crippen LogP contribution in [0.1, 0.15) is 22.0 Å². The molecule has 0 spiro atoms. The Labute approximate surface area is 198 Å². The predicted molar refractivity (Wildman–Crippen MR) is 137 cm³/mol. The lowest BCUT2D eigenvalue weighted by Crippen LogP contribution is -2.33. The molecule has 0 radical (unpaired) electrons. The van der Waals surface area contributed by atoms with Crippen molar-refractivity contribution in [1.82, 2.24) is 19.8 Å². The summed E-state index contributed by atoms with van der Waals surface area (Å²) >= 11 is 7.42. The number of aromatic nitrogens is 2. The fourth-order valence-electron chi connectivity index (χ4n) is 3.93. The SMILES string of the molecule is COC[C@@H](Nc1ncnc2sc3c(c12)CCN(C(=S)C=CCN(C)C)C3)c1ccccc1. The molecule has 0 unspecified atom stereocenters. The van der Waals surface area contributed by atoms with E-state index in [0.717, 1.165) is 47.1 Å². The molecule has 0 saturated carbocycles. The van der Waals surface area contributed by atoms with E-state index in [-0.39, 0.29) is 6.04 Å². The van der Waals surface area contributed by atoms with Gasteiger partial charge >= 0.3 is 0 Å². The average Bonchev–Trinajstić information content (AvgIpc) is 3.17. The predicted octanol–water partition coefficient (Wildman–Crippen LogP) is 4.29. The van der Waals surface area contributed by atoms with Crippen molar-refractivity contribution in [3.63, 3.8) is 0 Å². The summed E-state index contributed by atoms with van der Waals surface area (Å²) in [6, 6.07) is 10.4. The number of ether oxygens (including phenoxy) is 1. The lowest BCUT2D eigenvalue weighted by molar-refractivity contribution is 0.186. The zero-order valence-electron chi connectivity index (χ0n) is 18.7.